The molecule has 0 saturated carbocycles. The number of oxazole rings is 1. The van der Waals surface area contributed by atoms with Crippen LogP contribution in [0.5, 0.6) is 5.75 Å². The normalized spacial score (nSPS) is 11.8. The van der Waals surface area contributed by atoms with E-state index in [1.807, 2.05) is 39.0 Å². The average molecular weight is 488 g/mol. The second-order valence-electron chi connectivity index (χ2n) is 9.21. The highest BCUT2D eigenvalue weighted by molar-refractivity contribution is 6.36. The van der Waals surface area contributed by atoms with Gasteiger partial charge in [-0.05, 0) is 80.6 Å². The first-order chi connectivity index (χ1) is 15.5. The monoisotopic (exact) mass is 487 g/mol. The zero-order chi connectivity index (χ0) is 24.3. The first-order valence-electron chi connectivity index (χ1n) is 11.0. The number of aromatic nitrogens is 1. The van der Waals surface area contributed by atoms with Crippen LogP contribution < -0.4 is 4.74 Å². The van der Waals surface area contributed by atoms with Crippen LogP contribution in [0.25, 0.3) is 17.0 Å². The summed E-state index contributed by atoms with van der Waals surface area (Å²) in [7, 11) is 0. The van der Waals surface area contributed by atoms with Gasteiger partial charge in [-0.1, -0.05) is 49.7 Å². The SMILES string of the molecule is C=C(CCc1nc(-c2ccc(Cl)cc2Cl)oc1C(C)C)c1ccc(OC(C)(C)CO)c(C)c1. The number of halogens is 2. The van der Waals surface area contributed by atoms with Gasteiger partial charge >= 0.3 is 0 Å². The smallest absolute Gasteiger partial charge is 0.228 e. The molecule has 0 aliphatic carbocycles. The van der Waals surface area contributed by atoms with E-state index in [1.54, 1.807) is 12.1 Å². The van der Waals surface area contributed by atoms with Crippen molar-refractivity contribution in [1.29, 1.82) is 0 Å². The van der Waals surface area contributed by atoms with E-state index in [4.69, 9.17) is 37.3 Å². The summed E-state index contributed by atoms with van der Waals surface area (Å²) in [5.41, 5.74) is 4.07. The fourth-order valence-corrected chi connectivity index (χ4v) is 3.99. The molecular formula is C27H31Cl2NO3. The molecule has 0 aliphatic rings. The Morgan fingerprint density at radius 2 is 1.91 bits per heavy atom. The molecular weight excluding hydrogens is 457 g/mol. The van der Waals surface area contributed by atoms with Gasteiger partial charge in [0.25, 0.3) is 0 Å². The van der Waals surface area contributed by atoms with E-state index in [2.05, 4.69) is 26.5 Å². The molecule has 0 fully saturated rings. The Bertz CT molecular complexity index is 1150. The van der Waals surface area contributed by atoms with E-state index in [0.29, 0.717) is 22.4 Å². The van der Waals surface area contributed by atoms with Crippen LogP contribution in [0.2, 0.25) is 10.0 Å². The van der Waals surface area contributed by atoms with Gasteiger partial charge in [-0.2, -0.15) is 0 Å². The van der Waals surface area contributed by atoms with Crippen molar-refractivity contribution in [2.75, 3.05) is 6.61 Å². The van der Waals surface area contributed by atoms with Gasteiger partial charge in [-0.15, -0.1) is 0 Å². The molecule has 3 rings (SSSR count). The minimum Gasteiger partial charge on any atom is -0.485 e. The van der Waals surface area contributed by atoms with Gasteiger partial charge in [0.05, 0.1) is 22.9 Å². The third-order valence-corrected chi connectivity index (χ3v) is 5.98. The minimum atomic E-state index is -0.631. The Labute approximate surface area is 206 Å². The first kappa shape index (κ1) is 25.4. The number of nitrogens with zero attached hydrogens (tertiary/aromatic N) is 1. The van der Waals surface area contributed by atoms with Crippen LogP contribution in [0.3, 0.4) is 0 Å². The molecule has 0 saturated heterocycles. The average Bonchev–Trinajstić information content (AvgIpc) is 3.17. The molecule has 0 bridgehead atoms. The van der Waals surface area contributed by atoms with E-state index < -0.39 is 5.60 Å². The van der Waals surface area contributed by atoms with Gasteiger partial charge in [0.2, 0.25) is 5.89 Å². The van der Waals surface area contributed by atoms with Crippen LogP contribution in [0.1, 0.15) is 62.6 Å². The highest BCUT2D eigenvalue weighted by atomic mass is 35.5. The number of allylic oxidation sites excluding steroid dienone is 1. The zero-order valence-corrected chi connectivity index (χ0v) is 21.3. The summed E-state index contributed by atoms with van der Waals surface area (Å²) in [6.07, 6.45) is 1.44. The summed E-state index contributed by atoms with van der Waals surface area (Å²) in [4.78, 5) is 4.76. The molecule has 33 heavy (non-hydrogen) atoms. The highest BCUT2D eigenvalue weighted by Gasteiger charge is 2.21. The first-order valence-corrected chi connectivity index (χ1v) is 11.8. The zero-order valence-electron chi connectivity index (χ0n) is 19.8. The fraction of sp³-hybridized carbons (Fsp3) is 0.370. The van der Waals surface area contributed by atoms with Crippen molar-refractivity contribution in [3.05, 3.63) is 75.6 Å². The molecule has 2 aromatic carbocycles. The Morgan fingerprint density at radius 1 is 1.18 bits per heavy atom. The van der Waals surface area contributed by atoms with Crippen LogP contribution in [0.4, 0.5) is 0 Å². The van der Waals surface area contributed by atoms with Crippen LogP contribution in [0, 0.1) is 6.92 Å². The molecule has 1 aromatic heterocycles. The molecule has 176 valence electrons. The summed E-state index contributed by atoms with van der Waals surface area (Å²) in [6.45, 7) is 14.1. The van der Waals surface area contributed by atoms with E-state index in [-0.39, 0.29) is 12.5 Å². The van der Waals surface area contributed by atoms with Crippen LogP contribution in [-0.4, -0.2) is 22.3 Å². The molecule has 0 unspecified atom stereocenters. The van der Waals surface area contributed by atoms with Crippen LogP contribution >= 0.6 is 23.2 Å². The lowest BCUT2D eigenvalue weighted by molar-refractivity contribution is 0.0407. The molecule has 0 atom stereocenters. The van der Waals surface area contributed by atoms with Gasteiger partial charge in [-0.3, -0.25) is 0 Å². The standard InChI is InChI=1S/C27H31Cl2NO3/c1-16(2)25-23(30-26(32-25)21-10-9-20(28)14-22(21)29)11-7-17(3)19-8-12-24(18(4)13-19)33-27(5,6)15-31/h8-10,12-14,16,31H,3,7,11,15H2,1-2,4-6H3. The second-order valence-corrected chi connectivity index (χ2v) is 10.1. The van der Waals surface area contributed by atoms with E-state index in [1.165, 1.54) is 0 Å². The van der Waals surface area contributed by atoms with E-state index in [0.717, 1.165) is 45.9 Å². The maximum absolute atomic E-state index is 9.46. The number of aliphatic hydroxyl groups excluding tert-OH is 1. The van der Waals surface area contributed by atoms with Crippen molar-refractivity contribution < 1.29 is 14.3 Å². The predicted octanol–water partition coefficient (Wildman–Crippen LogP) is 7.88. The van der Waals surface area contributed by atoms with Crippen molar-refractivity contribution in [2.45, 2.75) is 59.0 Å². The molecule has 1 heterocycles. The Kier molecular flexibility index (Phi) is 7.94. The quantitative estimate of drug-likeness (QED) is 0.333. The Morgan fingerprint density at radius 3 is 2.52 bits per heavy atom. The second kappa shape index (κ2) is 10.3. The largest absolute Gasteiger partial charge is 0.485 e. The molecule has 3 aromatic rings. The molecule has 0 amide bonds. The van der Waals surface area contributed by atoms with E-state index >= 15 is 0 Å². The number of hydrogen-bond donors (Lipinski definition) is 1. The number of aryl methyl sites for hydroxylation is 2. The van der Waals surface area contributed by atoms with Crippen molar-refractivity contribution >= 4 is 28.8 Å². The van der Waals surface area contributed by atoms with Crippen LogP contribution in [-0.2, 0) is 6.42 Å². The number of ether oxygens (including phenoxy) is 1. The summed E-state index contributed by atoms with van der Waals surface area (Å²) in [5.74, 6) is 2.31. The predicted molar refractivity (Wildman–Crippen MR) is 136 cm³/mol. The summed E-state index contributed by atoms with van der Waals surface area (Å²) < 4.78 is 12.0. The molecule has 0 radical (unpaired) electrons. The lowest BCUT2D eigenvalue weighted by Gasteiger charge is -2.25. The maximum Gasteiger partial charge on any atom is 0.228 e. The van der Waals surface area contributed by atoms with Crippen LogP contribution in [0.15, 0.2) is 47.4 Å². The van der Waals surface area contributed by atoms with Gasteiger partial charge < -0.3 is 14.3 Å². The molecule has 0 spiro atoms. The van der Waals surface area contributed by atoms with Crippen molar-refractivity contribution in [1.82, 2.24) is 4.98 Å². The van der Waals surface area contributed by atoms with Crippen molar-refractivity contribution in [3.63, 3.8) is 0 Å². The van der Waals surface area contributed by atoms with Gasteiger partial charge in [0.1, 0.15) is 17.1 Å². The Balaban J connectivity index is 1.77. The van der Waals surface area contributed by atoms with Gasteiger partial charge in [0, 0.05) is 10.9 Å². The fourth-order valence-electron chi connectivity index (χ4n) is 3.50. The highest BCUT2D eigenvalue weighted by Crippen LogP contribution is 2.34. The lowest BCUT2D eigenvalue weighted by atomic mass is 9.98. The molecule has 1 N–H and O–H groups in total. The molecule has 6 heteroatoms. The number of hydrogen-bond acceptors (Lipinski definition) is 4. The minimum absolute atomic E-state index is 0.0556. The number of benzene rings is 2. The third kappa shape index (κ3) is 6.20. The summed E-state index contributed by atoms with van der Waals surface area (Å²) >= 11 is 12.4. The molecule has 0 aliphatic heterocycles. The summed E-state index contributed by atoms with van der Waals surface area (Å²) in [6, 6.07) is 11.3. The number of aliphatic hydroxyl groups is 1. The van der Waals surface area contributed by atoms with Gasteiger partial charge in [0.15, 0.2) is 0 Å². The topological polar surface area (TPSA) is 55.5 Å². The lowest BCUT2D eigenvalue weighted by Crippen LogP contribution is -2.32. The van der Waals surface area contributed by atoms with Crippen molar-refractivity contribution in [2.24, 2.45) is 0 Å². The Hall–Kier alpha value is -2.27. The van der Waals surface area contributed by atoms with Crippen molar-refractivity contribution in [3.8, 4) is 17.2 Å². The number of rotatable bonds is 9. The summed E-state index contributed by atoms with van der Waals surface area (Å²) in [5, 5.41) is 10.5. The molecule has 4 nitrogen and oxygen atoms in total. The maximum atomic E-state index is 9.46. The third-order valence-electron chi connectivity index (χ3n) is 5.43. The van der Waals surface area contributed by atoms with E-state index in [9.17, 15) is 5.11 Å². The van der Waals surface area contributed by atoms with Gasteiger partial charge in [-0.25, -0.2) is 4.98 Å².